The van der Waals surface area contributed by atoms with E-state index in [-0.39, 0.29) is 0 Å². The maximum atomic E-state index is 5.14. The molecule has 3 heterocycles. The lowest BCUT2D eigenvalue weighted by atomic mass is 9.98. The summed E-state index contributed by atoms with van der Waals surface area (Å²) < 4.78 is 2.32. The van der Waals surface area contributed by atoms with Crippen molar-refractivity contribution in [1.29, 1.82) is 0 Å². The minimum absolute atomic E-state index is 0.951. The second-order valence-corrected chi connectivity index (χ2v) is 12.3. The fraction of sp³-hybridized carbons (Fsp3) is 0. The molecule has 0 atom stereocenters. The Bertz CT molecular complexity index is 2830. The fourth-order valence-corrected chi connectivity index (χ4v) is 7.37. The van der Waals surface area contributed by atoms with E-state index in [9.17, 15) is 0 Å². The molecule has 0 N–H and O–H groups in total. The molecule has 0 unspecified atom stereocenters. The van der Waals surface area contributed by atoms with Crippen molar-refractivity contribution in [3.05, 3.63) is 170 Å². The third kappa shape index (κ3) is 4.03. The van der Waals surface area contributed by atoms with Gasteiger partial charge in [0.25, 0.3) is 0 Å². The number of imidazole rings is 1. The van der Waals surface area contributed by atoms with Gasteiger partial charge >= 0.3 is 0 Å². The number of benzene rings is 7. The van der Waals surface area contributed by atoms with Crippen molar-refractivity contribution in [3.63, 3.8) is 0 Å². The summed E-state index contributed by atoms with van der Waals surface area (Å²) in [6, 6.07) is 58.3. The first-order chi connectivity index (χ1) is 23.8. The second-order valence-electron chi connectivity index (χ2n) is 12.3. The summed E-state index contributed by atoms with van der Waals surface area (Å²) in [5.41, 5.74) is 10.8. The molecule has 10 rings (SSSR count). The van der Waals surface area contributed by atoms with Gasteiger partial charge in [-0.25, -0.2) is 4.98 Å². The van der Waals surface area contributed by atoms with E-state index in [0.717, 1.165) is 77.4 Å². The average molecular weight is 613 g/mol. The van der Waals surface area contributed by atoms with E-state index in [1.54, 1.807) is 0 Å². The van der Waals surface area contributed by atoms with Gasteiger partial charge in [-0.1, -0.05) is 103 Å². The number of hydrogen-bond acceptors (Lipinski definition) is 3. The van der Waals surface area contributed by atoms with Crippen molar-refractivity contribution in [3.8, 4) is 11.1 Å². The molecule has 224 valence electrons. The molecule has 7 aromatic carbocycles. The highest BCUT2D eigenvalue weighted by Gasteiger charge is 2.18. The first-order valence-electron chi connectivity index (χ1n) is 16.3. The van der Waals surface area contributed by atoms with Crippen LogP contribution in [0, 0.1) is 0 Å². The van der Waals surface area contributed by atoms with E-state index in [4.69, 9.17) is 9.97 Å². The molecule has 0 saturated heterocycles. The Hall–Kier alpha value is -6.52. The van der Waals surface area contributed by atoms with Gasteiger partial charge in [-0.3, -0.25) is 9.38 Å². The Morgan fingerprint density at radius 2 is 1.21 bits per heavy atom. The van der Waals surface area contributed by atoms with E-state index in [0.29, 0.717) is 0 Å². The molecule has 4 nitrogen and oxygen atoms in total. The number of anilines is 3. The van der Waals surface area contributed by atoms with Crippen LogP contribution in [0.15, 0.2) is 170 Å². The number of rotatable bonds is 4. The summed E-state index contributed by atoms with van der Waals surface area (Å²) in [7, 11) is 0. The molecule has 0 amide bonds. The molecular weight excluding hydrogens is 585 g/mol. The van der Waals surface area contributed by atoms with Gasteiger partial charge in [-0.15, -0.1) is 0 Å². The Kier molecular flexibility index (Phi) is 5.84. The Labute approximate surface area is 276 Å². The molecule has 0 fully saturated rings. The van der Waals surface area contributed by atoms with Crippen molar-refractivity contribution in [2.75, 3.05) is 4.90 Å². The average Bonchev–Trinajstić information content (AvgIpc) is 3.56. The first-order valence-corrected chi connectivity index (χ1v) is 16.3. The van der Waals surface area contributed by atoms with Gasteiger partial charge in [-0.05, 0) is 77.2 Å². The molecule has 0 radical (unpaired) electrons. The zero-order chi connectivity index (χ0) is 31.6. The number of para-hydroxylation sites is 3. The molecule has 0 aliphatic carbocycles. The van der Waals surface area contributed by atoms with E-state index >= 15 is 0 Å². The zero-order valence-electron chi connectivity index (χ0n) is 26.0. The van der Waals surface area contributed by atoms with E-state index < -0.39 is 0 Å². The second kappa shape index (κ2) is 10.5. The van der Waals surface area contributed by atoms with E-state index in [1.807, 2.05) is 12.3 Å². The summed E-state index contributed by atoms with van der Waals surface area (Å²) in [5.74, 6) is 0. The van der Waals surface area contributed by atoms with Crippen LogP contribution in [0.4, 0.5) is 17.1 Å². The summed E-state index contributed by atoms with van der Waals surface area (Å²) in [6.45, 7) is 0. The van der Waals surface area contributed by atoms with E-state index in [1.165, 1.54) is 10.8 Å². The van der Waals surface area contributed by atoms with Crippen LogP contribution in [-0.4, -0.2) is 14.4 Å². The lowest BCUT2D eigenvalue weighted by Crippen LogP contribution is -2.10. The van der Waals surface area contributed by atoms with Crippen molar-refractivity contribution in [2.24, 2.45) is 0 Å². The minimum atomic E-state index is 0.951. The van der Waals surface area contributed by atoms with Crippen LogP contribution in [0.1, 0.15) is 0 Å². The summed E-state index contributed by atoms with van der Waals surface area (Å²) in [4.78, 5) is 12.3. The largest absolute Gasteiger partial charge is 0.310 e. The standard InChI is InChI=1S/C44H28N4/c1-2-13-33(14-3-1)47(39-18-8-11-30-10-4-5-15-35(30)39)34-23-19-29(20-24-34)32-22-25-36-41(28-32)48-40-17-7-6-16-38(40)46-44(48)37-26-21-31-12-9-27-45-43(31)42(36)37/h1-28H. The monoisotopic (exact) mass is 612 g/mol. The van der Waals surface area contributed by atoms with Gasteiger partial charge in [-0.2, -0.15) is 0 Å². The van der Waals surface area contributed by atoms with Crippen molar-refractivity contribution in [1.82, 2.24) is 14.4 Å². The van der Waals surface area contributed by atoms with Gasteiger partial charge in [0.15, 0.2) is 0 Å². The normalized spacial score (nSPS) is 11.8. The van der Waals surface area contributed by atoms with E-state index in [2.05, 4.69) is 167 Å². The minimum Gasteiger partial charge on any atom is -0.310 e. The highest BCUT2D eigenvalue weighted by Crippen LogP contribution is 2.41. The summed E-state index contributed by atoms with van der Waals surface area (Å²) in [6.07, 6.45) is 1.88. The zero-order valence-corrected chi connectivity index (χ0v) is 26.0. The van der Waals surface area contributed by atoms with Gasteiger partial charge in [0.2, 0.25) is 0 Å². The maximum Gasteiger partial charge on any atom is 0.146 e. The summed E-state index contributed by atoms with van der Waals surface area (Å²) in [5, 5.41) is 6.97. The molecular formula is C44H28N4. The number of aromatic nitrogens is 3. The molecule has 10 aromatic rings. The Balaban J connectivity index is 1.17. The van der Waals surface area contributed by atoms with Crippen LogP contribution >= 0.6 is 0 Å². The molecule has 3 aromatic heterocycles. The first kappa shape index (κ1) is 26.7. The lowest BCUT2D eigenvalue weighted by molar-refractivity contribution is 1.30. The maximum absolute atomic E-state index is 5.14. The number of pyridine rings is 2. The highest BCUT2D eigenvalue weighted by molar-refractivity contribution is 6.23. The number of fused-ring (bicyclic) bond motifs is 11. The molecule has 0 aliphatic heterocycles. The molecule has 48 heavy (non-hydrogen) atoms. The van der Waals surface area contributed by atoms with Crippen LogP contribution in [-0.2, 0) is 0 Å². The molecule has 0 bridgehead atoms. The van der Waals surface area contributed by atoms with Crippen LogP contribution in [0.5, 0.6) is 0 Å². The Morgan fingerprint density at radius 3 is 2.12 bits per heavy atom. The lowest BCUT2D eigenvalue weighted by Gasteiger charge is -2.27. The number of hydrogen-bond donors (Lipinski definition) is 0. The van der Waals surface area contributed by atoms with Crippen molar-refractivity contribution < 1.29 is 0 Å². The predicted molar refractivity (Wildman–Crippen MR) is 201 cm³/mol. The van der Waals surface area contributed by atoms with Crippen molar-refractivity contribution in [2.45, 2.75) is 0 Å². The third-order valence-corrected chi connectivity index (χ3v) is 9.57. The van der Waals surface area contributed by atoms with Gasteiger partial charge in [0, 0.05) is 44.5 Å². The third-order valence-electron chi connectivity index (χ3n) is 9.57. The molecule has 4 heteroatoms. The van der Waals surface area contributed by atoms with Gasteiger partial charge in [0.1, 0.15) is 5.65 Å². The van der Waals surface area contributed by atoms with Gasteiger partial charge in [0.05, 0.1) is 27.8 Å². The molecule has 0 aliphatic rings. The Morgan fingerprint density at radius 1 is 0.479 bits per heavy atom. The van der Waals surface area contributed by atoms with Crippen LogP contribution < -0.4 is 4.90 Å². The topological polar surface area (TPSA) is 33.4 Å². The molecule has 0 spiro atoms. The van der Waals surface area contributed by atoms with Crippen LogP contribution in [0.2, 0.25) is 0 Å². The smallest absolute Gasteiger partial charge is 0.146 e. The van der Waals surface area contributed by atoms with Crippen molar-refractivity contribution >= 4 is 77.1 Å². The summed E-state index contributed by atoms with van der Waals surface area (Å²) >= 11 is 0. The SMILES string of the molecule is c1ccc(N(c2ccc(-c3ccc4c5c(ccc6cccnc65)c5nc6ccccc6n5c4c3)cc2)c2cccc3ccccc23)cc1. The van der Waals surface area contributed by atoms with Gasteiger partial charge < -0.3 is 4.90 Å². The fourth-order valence-electron chi connectivity index (χ4n) is 7.37. The predicted octanol–water partition coefficient (Wildman–Crippen LogP) is 11.6. The highest BCUT2D eigenvalue weighted by atomic mass is 15.1. The quantitative estimate of drug-likeness (QED) is 0.185. The van der Waals surface area contributed by atoms with Crippen LogP contribution in [0.25, 0.3) is 71.2 Å². The molecule has 0 saturated carbocycles. The van der Waals surface area contributed by atoms with Crippen LogP contribution in [0.3, 0.4) is 0 Å². The number of nitrogens with zero attached hydrogens (tertiary/aromatic N) is 4.